The maximum atomic E-state index is 12.6. The van der Waals surface area contributed by atoms with E-state index in [-0.39, 0.29) is 11.8 Å². The Morgan fingerprint density at radius 3 is 2.84 bits per heavy atom. The van der Waals surface area contributed by atoms with E-state index < -0.39 is 0 Å². The van der Waals surface area contributed by atoms with Crippen molar-refractivity contribution in [2.45, 2.75) is 24.3 Å². The molecular formula is C23H24Cl2N4O2S. The van der Waals surface area contributed by atoms with Crippen LogP contribution in [0.4, 0.5) is 0 Å². The number of thioether (sulfide) groups is 1. The number of halogens is 2. The van der Waals surface area contributed by atoms with Crippen LogP contribution in [0.15, 0.2) is 57.9 Å². The van der Waals surface area contributed by atoms with Gasteiger partial charge in [0.1, 0.15) is 0 Å². The lowest BCUT2D eigenvalue weighted by Gasteiger charge is -2.30. The van der Waals surface area contributed by atoms with E-state index in [1.165, 1.54) is 0 Å². The summed E-state index contributed by atoms with van der Waals surface area (Å²) in [4.78, 5) is 20.5. The van der Waals surface area contributed by atoms with E-state index >= 15 is 0 Å². The van der Waals surface area contributed by atoms with Crippen LogP contribution in [-0.2, 0) is 11.3 Å². The third-order valence-corrected chi connectivity index (χ3v) is 6.77. The molecule has 168 valence electrons. The third kappa shape index (κ3) is 6.48. The Kier molecular flexibility index (Phi) is 8.08. The van der Waals surface area contributed by atoms with Gasteiger partial charge in [0, 0.05) is 39.3 Å². The minimum absolute atomic E-state index is 0.0281. The normalized spacial score (nSPS) is 16.8. The zero-order chi connectivity index (χ0) is 22.3. The molecule has 4 rings (SSSR count). The first kappa shape index (κ1) is 23.1. The minimum atomic E-state index is -0.0281. The molecule has 2 aromatic carbocycles. The van der Waals surface area contributed by atoms with Crippen LogP contribution >= 0.6 is 35.0 Å². The van der Waals surface area contributed by atoms with Gasteiger partial charge >= 0.3 is 0 Å². The van der Waals surface area contributed by atoms with Crippen LogP contribution < -0.4 is 5.32 Å². The summed E-state index contributed by atoms with van der Waals surface area (Å²) in [6.45, 7) is 2.76. The maximum Gasteiger partial charge on any atom is 0.241 e. The molecule has 1 aromatic heterocycles. The average molecular weight is 491 g/mol. The fourth-order valence-electron chi connectivity index (χ4n) is 3.69. The van der Waals surface area contributed by atoms with Gasteiger partial charge in [0.05, 0.1) is 12.5 Å². The predicted octanol–water partition coefficient (Wildman–Crippen LogP) is 5.16. The van der Waals surface area contributed by atoms with E-state index in [0.717, 1.165) is 40.6 Å². The number of nitrogens with one attached hydrogen (secondary N) is 1. The van der Waals surface area contributed by atoms with E-state index in [0.29, 0.717) is 36.4 Å². The average Bonchev–Trinajstić information content (AvgIpc) is 3.26. The van der Waals surface area contributed by atoms with E-state index in [4.69, 9.17) is 27.7 Å². The summed E-state index contributed by atoms with van der Waals surface area (Å²) >= 11 is 13.7. The fourth-order valence-corrected chi connectivity index (χ4v) is 4.77. The monoisotopic (exact) mass is 490 g/mol. The van der Waals surface area contributed by atoms with Crippen molar-refractivity contribution in [2.75, 3.05) is 25.4 Å². The number of piperidine rings is 1. The summed E-state index contributed by atoms with van der Waals surface area (Å²) in [5, 5.41) is 8.50. The van der Waals surface area contributed by atoms with Crippen LogP contribution in [0.2, 0.25) is 10.0 Å². The molecule has 32 heavy (non-hydrogen) atoms. The fraction of sp³-hybridized carbons (Fsp3) is 0.348. The van der Waals surface area contributed by atoms with Gasteiger partial charge in [0.25, 0.3) is 0 Å². The zero-order valence-corrected chi connectivity index (χ0v) is 19.8. The largest absolute Gasteiger partial charge is 0.355 e. The van der Waals surface area contributed by atoms with E-state index in [1.54, 1.807) is 17.8 Å². The van der Waals surface area contributed by atoms with Crippen molar-refractivity contribution in [1.29, 1.82) is 0 Å². The number of carbonyl (C=O) groups is 1. The van der Waals surface area contributed by atoms with Crippen molar-refractivity contribution in [2.24, 2.45) is 5.92 Å². The van der Waals surface area contributed by atoms with Gasteiger partial charge in [-0.1, -0.05) is 40.5 Å². The first-order valence-electron chi connectivity index (χ1n) is 10.5. The Morgan fingerprint density at radius 2 is 2.03 bits per heavy atom. The van der Waals surface area contributed by atoms with Crippen molar-refractivity contribution in [1.82, 2.24) is 20.4 Å². The number of likely N-dealkylation sites (tertiary alicyclic amines) is 1. The van der Waals surface area contributed by atoms with Gasteiger partial charge in [-0.15, -0.1) is 11.8 Å². The highest BCUT2D eigenvalue weighted by molar-refractivity contribution is 7.99. The third-order valence-electron chi connectivity index (χ3n) is 5.27. The number of hydrogen-bond acceptors (Lipinski definition) is 6. The molecule has 0 spiro atoms. The van der Waals surface area contributed by atoms with E-state index in [9.17, 15) is 4.79 Å². The van der Waals surface area contributed by atoms with Gasteiger partial charge in [0.15, 0.2) is 0 Å². The number of aromatic nitrogens is 2. The van der Waals surface area contributed by atoms with Crippen LogP contribution in [-0.4, -0.2) is 46.3 Å². The Balaban J connectivity index is 1.23. The first-order valence-corrected chi connectivity index (χ1v) is 12.3. The van der Waals surface area contributed by atoms with Crippen LogP contribution in [0, 0.1) is 5.92 Å². The molecule has 1 fully saturated rings. The van der Waals surface area contributed by atoms with Gasteiger partial charge in [-0.2, -0.15) is 4.98 Å². The molecular weight excluding hydrogens is 467 g/mol. The Morgan fingerprint density at radius 1 is 1.19 bits per heavy atom. The summed E-state index contributed by atoms with van der Waals surface area (Å²) in [6, 6.07) is 15.1. The molecule has 0 aliphatic carbocycles. The standard InChI is InChI=1S/C23H24Cl2N4O2S/c24-18-6-8-20(9-7-18)32-12-10-26-23(30)17-4-2-11-29(14-17)15-21-27-22(28-31-21)16-3-1-5-19(25)13-16/h1,3,5-9,13,17H,2,4,10-12,14-15H2,(H,26,30). The van der Waals surface area contributed by atoms with Gasteiger partial charge in [-0.05, 0) is 55.8 Å². The summed E-state index contributed by atoms with van der Waals surface area (Å²) in [5.41, 5.74) is 0.819. The molecule has 1 amide bonds. The topological polar surface area (TPSA) is 71.3 Å². The summed E-state index contributed by atoms with van der Waals surface area (Å²) in [6.07, 6.45) is 1.86. The number of hydrogen-bond donors (Lipinski definition) is 1. The van der Waals surface area contributed by atoms with E-state index in [2.05, 4.69) is 20.4 Å². The highest BCUT2D eigenvalue weighted by atomic mass is 35.5. The minimum Gasteiger partial charge on any atom is -0.355 e. The van der Waals surface area contributed by atoms with Gasteiger partial charge < -0.3 is 9.84 Å². The highest BCUT2D eigenvalue weighted by Gasteiger charge is 2.26. The molecule has 1 unspecified atom stereocenters. The first-order chi connectivity index (χ1) is 15.6. The maximum absolute atomic E-state index is 12.6. The Hall–Kier alpha value is -2.06. The van der Waals surface area contributed by atoms with Crippen molar-refractivity contribution >= 4 is 40.9 Å². The lowest BCUT2D eigenvalue weighted by Crippen LogP contribution is -2.43. The molecule has 2 heterocycles. The summed E-state index contributed by atoms with van der Waals surface area (Å²) in [5.74, 6) is 1.96. The quantitative estimate of drug-likeness (QED) is 0.347. The summed E-state index contributed by atoms with van der Waals surface area (Å²) in [7, 11) is 0. The van der Waals surface area contributed by atoms with Gasteiger partial charge in [-0.3, -0.25) is 9.69 Å². The van der Waals surface area contributed by atoms with Crippen LogP contribution in [0.25, 0.3) is 11.4 Å². The number of nitrogens with zero attached hydrogens (tertiary/aromatic N) is 3. The molecule has 3 aromatic rings. The molecule has 1 aliphatic rings. The molecule has 6 nitrogen and oxygen atoms in total. The lowest BCUT2D eigenvalue weighted by atomic mass is 9.97. The second kappa shape index (κ2) is 11.2. The molecule has 1 atom stereocenters. The molecule has 0 bridgehead atoms. The predicted molar refractivity (Wildman–Crippen MR) is 128 cm³/mol. The SMILES string of the molecule is O=C(NCCSc1ccc(Cl)cc1)C1CCCN(Cc2nc(-c3cccc(Cl)c3)no2)C1. The second-order valence-electron chi connectivity index (χ2n) is 7.69. The van der Waals surface area contributed by atoms with Crippen molar-refractivity contribution in [3.8, 4) is 11.4 Å². The summed E-state index contributed by atoms with van der Waals surface area (Å²) < 4.78 is 5.43. The van der Waals surface area contributed by atoms with Crippen LogP contribution in [0.3, 0.4) is 0 Å². The van der Waals surface area contributed by atoms with Gasteiger partial charge in [0.2, 0.25) is 17.6 Å². The smallest absolute Gasteiger partial charge is 0.241 e. The van der Waals surface area contributed by atoms with Crippen LogP contribution in [0.1, 0.15) is 18.7 Å². The number of amides is 1. The molecule has 1 N–H and O–H groups in total. The second-order valence-corrected chi connectivity index (χ2v) is 9.73. The molecule has 9 heteroatoms. The number of rotatable bonds is 8. The van der Waals surface area contributed by atoms with Crippen molar-refractivity contribution in [3.05, 3.63) is 64.5 Å². The van der Waals surface area contributed by atoms with Crippen molar-refractivity contribution in [3.63, 3.8) is 0 Å². The Labute approximate surface area is 201 Å². The molecule has 1 saturated heterocycles. The van der Waals surface area contributed by atoms with Gasteiger partial charge in [-0.25, -0.2) is 0 Å². The Bertz CT molecular complexity index is 1040. The van der Waals surface area contributed by atoms with Crippen LogP contribution in [0.5, 0.6) is 0 Å². The number of benzene rings is 2. The highest BCUT2D eigenvalue weighted by Crippen LogP contribution is 2.23. The van der Waals surface area contributed by atoms with Crippen molar-refractivity contribution < 1.29 is 9.32 Å². The molecule has 1 aliphatic heterocycles. The van der Waals surface area contributed by atoms with E-state index in [1.807, 2.05) is 42.5 Å². The molecule has 0 saturated carbocycles. The lowest BCUT2D eigenvalue weighted by molar-refractivity contribution is -0.126. The molecule has 0 radical (unpaired) electrons. The number of carbonyl (C=O) groups excluding carboxylic acids is 1. The zero-order valence-electron chi connectivity index (χ0n) is 17.5.